The van der Waals surface area contributed by atoms with Crippen LogP contribution in [-0.4, -0.2) is 38.7 Å². The topological polar surface area (TPSA) is 92.7 Å². The third-order valence-electron chi connectivity index (χ3n) is 3.37. The van der Waals surface area contributed by atoms with Crippen LogP contribution in [0.5, 0.6) is 0 Å². The van der Waals surface area contributed by atoms with E-state index >= 15 is 0 Å². The fraction of sp³-hybridized carbons (Fsp3) is 0.417. The van der Waals surface area contributed by atoms with Crippen molar-refractivity contribution in [1.82, 2.24) is 4.72 Å². The van der Waals surface area contributed by atoms with Crippen LogP contribution in [0.4, 0.5) is 4.39 Å². The predicted molar refractivity (Wildman–Crippen MR) is 67.1 cm³/mol. The molecule has 2 unspecified atom stereocenters. The zero-order chi connectivity index (χ0) is 15.0. The normalized spacial score (nSPS) is 26.6. The molecule has 0 aliphatic carbocycles. The van der Waals surface area contributed by atoms with Gasteiger partial charge >= 0.3 is 5.97 Å². The third-order valence-corrected chi connectivity index (χ3v) is 4.85. The Morgan fingerprint density at radius 3 is 2.60 bits per heavy atom. The Kier molecular flexibility index (Phi) is 3.81. The number of carboxylic acid groups (broad SMARTS) is 1. The summed E-state index contributed by atoms with van der Waals surface area (Å²) < 4.78 is 44.4. The molecule has 2 N–H and O–H groups in total. The van der Waals surface area contributed by atoms with Crippen molar-refractivity contribution in [2.24, 2.45) is 5.41 Å². The minimum absolute atomic E-state index is 0.0246. The molecule has 0 aromatic heterocycles. The molecule has 0 saturated carbocycles. The maximum Gasteiger partial charge on any atom is 0.313 e. The first-order chi connectivity index (χ1) is 9.25. The van der Waals surface area contributed by atoms with Gasteiger partial charge in [0.25, 0.3) is 0 Å². The van der Waals surface area contributed by atoms with Gasteiger partial charge in [-0.05, 0) is 31.2 Å². The molecule has 1 saturated heterocycles. The van der Waals surface area contributed by atoms with Gasteiger partial charge in [0.15, 0.2) is 0 Å². The molecule has 0 bridgehead atoms. The summed E-state index contributed by atoms with van der Waals surface area (Å²) in [5, 5.41) is 9.18. The number of halogens is 1. The van der Waals surface area contributed by atoms with Gasteiger partial charge in [0.1, 0.15) is 11.2 Å². The van der Waals surface area contributed by atoms with Gasteiger partial charge in [-0.25, -0.2) is 17.5 Å². The van der Waals surface area contributed by atoms with Crippen LogP contribution >= 0.6 is 0 Å². The van der Waals surface area contributed by atoms with Crippen molar-refractivity contribution < 1.29 is 27.4 Å². The maximum atomic E-state index is 12.8. The average Bonchev–Trinajstić information content (AvgIpc) is 2.72. The zero-order valence-electron chi connectivity index (χ0n) is 10.7. The van der Waals surface area contributed by atoms with Crippen molar-refractivity contribution in [1.29, 1.82) is 0 Å². The van der Waals surface area contributed by atoms with E-state index in [1.807, 2.05) is 0 Å². The Morgan fingerprint density at radius 2 is 2.05 bits per heavy atom. The molecule has 1 aliphatic rings. The van der Waals surface area contributed by atoms with E-state index in [-0.39, 0.29) is 18.1 Å². The molecule has 1 aromatic carbocycles. The van der Waals surface area contributed by atoms with E-state index in [1.165, 1.54) is 6.92 Å². The molecule has 1 heterocycles. The lowest BCUT2D eigenvalue weighted by molar-refractivity contribution is -0.148. The van der Waals surface area contributed by atoms with Crippen molar-refractivity contribution in [3.63, 3.8) is 0 Å². The van der Waals surface area contributed by atoms with Crippen molar-refractivity contribution in [3.05, 3.63) is 30.1 Å². The van der Waals surface area contributed by atoms with Crippen molar-refractivity contribution in [2.75, 3.05) is 13.2 Å². The third kappa shape index (κ3) is 2.67. The highest BCUT2D eigenvalue weighted by Gasteiger charge is 2.48. The number of hydrogen-bond donors (Lipinski definition) is 2. The van der Waals surface area contributed by atoms with Gasteiger partial charge in [0.2, 0.25) is 10.0 Å². The Labute approximate surface area is 115 Å². The standard InChI is InChI=1S/C12H14FNO5S/c1-12(11(15)16)7-19-6-10(12)14-20(17,18)9-4-2-8(13)3-5-9/h2-5,10,14H,6-7H2,1H3,(H,15,16). The number of benzene rings is 1. The van der Waals surface area contributed by atoms with Crippen molar-refractivity contribution >= 4 is 16.0 Å². The Hall–Kier alpha value is -1.51. The fourth-order valence-electron chi connectivity index (χ4n) is 1.92. The lowest BCUT2D eigenvalue weighted by atomic mass is 9.86. The Bertz CT molecular complexity index is 615. The maximum absolute atomic E-state index is 12.8. The SMILES string of the molecule is CC1(C(=O)O)COCC1NS(=O)(=O)c1ccc(F)cc1. The van der Waals surface area contributed by atoms with Crippen molar-refractivity contribution in [3.8, 4) is 0 Å². The van der Waals surface area contributed by atoms with Crippen LogP contribution in [0.2, 0.25) is 0 Å². The molecular weight excluding hydrogens is 289 g/mol. The van der Waals surface area contributed by atoms with Crippen LogP contribution in [0.3, 0.4) is 0 Å². The van der Waals surface area contributed by atoms with Crippen LogP contribution in [-0.2, 0) is 19.6 Å². The smallest absolute Gasteiger partial charge is 0.313 e. The summed E-state index contributed by atoms with van der Waals surface area (Å²) in [4.78, 5) is 11.1. The lowest BCUT2D eigenvalue weighted by Gasteiger charge is -2.25. The summed E-state index contributed by atoms with van der Waals surface area (Å²) in [6, 6.07) is 3.40. The van der Waals surface area contributed by atoms with Gasteiger partial charge in [0.05, 0.1) is 24.2 Å². The first-order valence-electron chi connectivity index (χ1n) is 5.85. The lowest BCUT2D eigenvalue weighted by Crippen LogP contribution is -2.49. The molecule has 1 aromatic rings. The van der Waals surface area contributed by atoms with Gasteiger partial charge in [0, 0.05) is 0 Å². The Balaban J connectivity index is 2.24. The van der Waals surface area contributed by atoms with E-state index in [0.29, 0.717) is 0 Å². The number of carbonyl (C=O) groups is 1. The fourth-order valence-corrected chi connectivity index (χ4v) is 3.25. The predicted octanol–water partition coefficient (Wildman–Crippen LogP) is 0.594. The van der Waals surface area contributed by atoms with Crippen LogP contribution in [0.15, 0.2) is 29.2 Å². The number of rotatable bonds is 4. The number of carboxylic acids is 1. The van der Waals surface area contributed by atoms with Gasteiger partial charge < -0.3 is 9.84 Å². The van der Waals surface area contributed by atoms with E-state index in [1.54, 1.807) is 0 Å². The average molecular weight is 303 g/mol. The number of sulfonamides is 1. The second-order valence-corrected chi connectivity index (χ2v) is 6.58. The second kappa shape index (κ2) is 5.12. The van der Waals surface area contributed by atoms with Crippen LogP contribution < -0.4 is 4.72 Å². The second-order valence-electron chi connectivity index (χ2n) is 4.87. The van der Waals surface area contributed by atoms with Gasteiger partial charge in [-0.15, -0.1) is 0 Å². The zero-order valence-corrected chi connectivity index (χ0v) is 11.5. The van der Waals surface area contributed by atoms with E-state index in [0.717, 1.165) is 24.3 Å². The molecule has 6 nitrogen and oxygen atoms in total. The minimum atomic E-state index is -3.93. The van der Waals surface area contributed by atoms with E-state index < -0.39 is 33.3 Å². The van der Waals surface area contributed by atoms with Crippen LogP contribution in [0.1, 0.15) is 6.92 Å². The van der Waals surface area contributed by atoms with E-state index in [9.17, 15) is 22.7 Å². The summed E-state index contributed by atoms with van der Waals surface area (Å²) in [5.74, 6) is -1.69. The molecule has 110 valence electrons. The number of nitrogens with one attached hydrogen (secondary N) is 1. The molecule has 2 atom stereocenters. The van der Waals surface area contributed by atoms with Crippen molar-refractivity contribution in [2.45, 2.75) is 17.9 Å². The molecular formula is C12H14FNO5S. The van der Waals surface area contributed by atoms with Gasteiger partial charge in [-0.1, -0.05) is 0 Å². The molecule has 0 radical (unpaired) electrons. The molecule has 8 heteroatoms. The van der Waals surface area contributed by atoms with E-state index in [2.05, 4.69) is 4.72 Å². The van der Waals surface area contributed by atoms with Crippen LogP contribution in [0.25, 0.3) is 0 Å². The summed E-state index contributed by atoms with van der Waals surface area (Å²) in [6.07, 6.45) is 0. The summed E-state index contributed by atoms with van der Waals surface area (Å²) in [6.45, 7) is 1.32. The highest BCUT2D eigenvalue weighted by atomic mass is 32.2. The van der Waals surface area contributed by atoms with Gasteiger partial charge in [-0.2, -0.15) is 0 Å². The number of aliphatic carboxylic acids is 1. The molecule has 2 rings (SSSR count). The first-order valence-corrected chi connectivity index (χ1v) is 7.33. The Morgan fingerprint density at radius 1 is 1.45 bits per heavy atom. The molecule has 0 amide bonds. The summed E-state index contributed by atoms with van der Waals surface area (Å²) in [5.41, 5.74) is -1.33. The van der Waals surface area contributed by atoms with Crippen LogP contribution in [0, 0.1) is 11.2 Å². The number of ether oxygens (including phenoxy) is 1. The molecule has 1 aliphatic heterocycles. The molecule has 20 heavy (non-hydrogen) atoms. The monoisotopic (exact) mass is 303 g/mol. The van der Waals surface area contributed by atoms with Gasteiger partial charge in [-0.3, -0.25) is 4.79 Å². The largest absolute Gasteiger partial charge is 0.481 e. The highest BCUT2D eigenvalue weighted by Crippen LogP contribution is 2.29. The quantitative estimate of drug-likeness (QED) is 0.849. The first kappa shape index (κ1) is 14.9. The minimum Gasteiger partial charge on any atom is -0.481 e. The molecule has 0 spiro atoms. The highest BCUT2D eigenvalue weighted by molar-refractivity contribution is 7.89. The molecule has 1 fully saturated rings. The number of hydrogen-bond acceptors (Lipinski definition) is 4. The van der Waals surface area contributed by atoms with E-state index in [4.69, 9.17) is 4.74 Å². The summed E-state index contributed by atoms with van der Waals surface area (Å²) in [7, 11) is -3.93. The summed E-state index contributed by atoms with van der Waals surface area (Å²) >= 11 is 0.